The molecule has 0 aliphatic heterocycles. The van der Waals surface area contributed by atoms with Crippen molar-refractivity contribution in [3.63, 3.8) is 0 Å². The van der Waals surface area contributed by atoms with Crippen molar-refractivity contribution in [2.75, 3.05) is 19.8 Å². The average Bonchev–Trinajstić information content (AvgIpc) is 1.82. The highest BCUT2D eigenvalue weighted by molar-refractivity contribution is 6.76. The Morgan fingerprint density at radius 2 is 1.82 bits per heavy atom. The summed E-state index contributed by atoms with van der Waals surface area (Å²) < 4.78 is 0. The topological polar surface area (TPSA) is 23.5 Å². The Bertz CT molecular complexity index is 111. The van der Waals surface area contributed by atoms with Crippen molar-refractivity contribution in [3.8, 4) is 0 Å². The van der Waals surface area contributed by atoms with E-state index in [0.717, 1.165) is 6.17 Å². The molecule has 11 heavy (non-hydrogen) atoms. The molecule has 0 saturated carbocycles. The van der Waals surface area contributed by atoms with E-state index in [1.165, 1.54) is 0 Å². The summed E-state index contributed by atoms with van der Waals surface area (Å²) in [5, 5.41) is 8.88. The van der Waals surface area contributed by atoms with Crippen molar-refractivity contribution in [2.24, 2.45) is 0 Å². The summed E-state index contributed by atoms with van der Waals surface area (Å²) in [6.45, 7) is 9.34. The van der Waals surface area contributed by atoms with Gasteiger partial charge in [-0.25, -0.2) is 0 Å². The number of aliphatic hydroxyl groups is 1. The Labute approximate surface area is 71.2 Å². The fourth-order valence-electron chi connectivity index (χ4n) is 1.04. The third-order valence-electron chi connectivity index (χ3n) is 1.74. The Hall–Kier alpha value is 0.137. The first kappa shape index (κ1) is 11.1. The summed E-state index contributed by atoms with van der Waals surface area (Å²) in [6, 6.07) is 0.307. The molecule has 0 fully saturated rings. The number of nitrogens with zero attached hydrogens (tertiary/aromatic N) is 1. The highest BCUT2D eigenvalue weighted by Crippen LogP contribution is 2.04. The second kappa shape index (κ2) is 4.23. The highest BCUT2D eigenvalue weighted by Gasteiger charge is 2.18. The smallest absolute Gasteiger partial charge is 0.0599 e. The molecule has 0 aromatic heterocycles. The number of hydrogen-bond acceptors (Lipinski definition) is 2. The Kier molecular flexibility index (Phi) is 4.29. The zero-order chi connectivity index (χ0) is 9.07. The van der Waals surface area contributed by atoms with Crippen LogP contribution in [0.4, 0.5) is 0 Å². The standard InChI is InChI=1S/C8H21NOSi/c1-8(6-10)9(2)7-11(3,4)5/h8,10H,6-7H2,1-5H3. The van der Waals surface area contributed by atoms with E-state index in [4.69, 9.17) is 5.11 Å². The van der Waals surface area contributed by atoms with Crippen LogP contribution < -0.4 is 0 Å². The van der Waals surface area contributed by atoms with Gasteiger partial charge in [-0.3, -0.25) is 0 Å². The van der Waals surface area contributed by atoms with Crippen molar-refractivity contribution in [2.45, 2.75) is 32.6 Å². The first-order valence-electron chi connectivity index (χ1n) is 4.18. The molecule has 0 radical (unpaired) electrons. The van der Waals surface area contributed by atoms with Crippen LogP contribution in [0, 0.1) is 0 Å². The molecule has 2 nitrogen and oxygen atoms in total. The molecular weight excluding hydrogens is 154 g/mol. The average molecular weight is 175 g/mol. The Morgan fingerprint density at radius 3 is 2.09 bits per heavy atom. The predicted octanol–water partition coefficient (Wildman–Crippen LogP) is 1.18. The molecule has 0 spiro atoms. The van der Waals surface area contributed by atoms with Crippen molar-refractivity contribution in [1.82, 2.24) is 4.90 Å². The van der Waals surface area contributed by atoms with Crippen LogP contribution in [0.2, 0.25) is 19.6 Å². The Morgan fingerprint density at radius 1 is 1.36 bits per heavy atom. The normalized spacial score (nSPS) is 15.5. The zero-order valence-electron chi connectivity index (χ0n) is 8.39. The summed E-state index contributed by atoms with van der Waals surface area (Å²) in [7, 11) is 1.10. The van der Waals surface area contributed by atoms with Crippen LogP contribution >= 0.6 is 0 Å². The number of likely N-dealkylation sites (N-methyl/N-ethyl adjacent to an activating group) is 1. The molecule has 0 bridgehead atoms. The van der Waals surface area contributed by atoms with Crippen LogP contribution in [0.25, 0.3) is 0 Å². The number of aliphatic hydroxyl groups excluding tert-OH is 1. The molecule has 3 heteroatoms. The lowest BCUT2D eigenvalue weighted by Crippen LogP contribution is -2.43. The van der Waals surface area contributed by atoms with Crippen LogP contribution in [0.1, 0.15) is 6.92 Å². The van der Waals surface area contributed by atoms with Crippen molar-refractivity contribution in [3.05, 3.63) is 0 Å². The van der Waals surface area contributed by atoms with Crippen LogP contribution in [-0.4, -0.2) is 43.9 Å². The van der Waals surface area contributed by atoms with E-state index >= 15 is 0 Å². The first-order valence-corrected chi connectivity index (χ1v) is 7.88. The van der Waals surface area contributed by atoms with Gasteiger partial charge in [0.05, 0.1) is 14.7 Å². The predicted molar refractivity (Wildman–Crippen MR) is 52.5 cm³/mol. The molecule has 0 aromatic rings. The lowest BCUT2D eigenvalue weighted by molar-refractivity contribution is 0.174. The quantitative estimate of drug-likeness (QED) is 0.649. The second-order valence-corrected chi connectivity index (χ2v) is 9.94. The SMILES string of the molecule is CC(CO)N(C)C[Si](C)(C)C. The van der Waals surface area contributed by atoms with E-state index in [2.05, 4.69) is 38.5 Å². The maximum Gasteiger partial charge on any atom is 0.0599 e. The monoisotopic (exact) mass is 175 g/mol. The van der Waals surface area contributed by atoms with Crippen molar-refractivity contribution >= 4 is 8.07 Å². The maximum atomic E-state index is 8.88. The molecule has 0 saturated heterocycles. The molecule has 1 unspecified atom stereocenters. The highest BCUT2D eigenvalue weighted by atomic mass is 28.3. The maximum absolute atomic E-state index is 8.88. The molecular formula is C8H21NOSi. The van der Waals surface area contributed by atoms with E-state index in [9.17, 15) is 0 Å². The van der Waals surface area contributed by atoms with Gasteiger partial charge >= 0.3 is 0 Å². The number of rotatable bonds is 4. The fourth-order valence-corrected chi connectivity index (χ4v) is 2.85. The summed E-state index contributed by atoms with van der Waals surface area (Å²) in [5.41, 5.74) is 0. The molecule has 1 atom stereocenters. The van der Waals surface area contributed by atoms with Crippen LogP contribution in [-0.2, 0) is 0 Å². The first-order chi connectivity index (χ1) is 4.87. The van der Waals surface area contributed by atoms with Gasteiger partial charge in [0, 0.05) is 6.04 Å². The summed E-state index contributed by atoms with van der Waals surface area (Å²) in [6.07, 6.45) is 1.16. The number of hydrogen-bond donors (Lipinski definition) is 1. The minimum Gasteiger partial charge on any atom is -0.395 e. The molecule has 68 valence electrons. The van der Waals surface area contributed by atoms with Crippen LogP contribution in [0.5, 0.6) is 0 Å². The van der Waals surface area contributed by atoms with E-state index in [0.29, 0.717) is 6.04 Å². The molecule has 0 aliphatic rings. The van der Waals surface area contributed by atoms with Gasteiger partial charge in [-0.2, -0.15) is 0 Å². The third-order valence-corrected chi connectivity index (χ3v) is 3.19. The van der Waals surface area contributed by atoms with Gasteiger partial charge in [0.15, 0.2) is 0 Å². The molecule has 1 N–H and O–H groups in total. The molecule has 0 rings (SSSR count). The van der Waals surface area contributed by atoms with Gasteiger partial charge in [-0.15, -0.1) is 0 Å². The third kappa shape index (κ3) is 5.41. The van der Waals surface area contributed by atoms with E-state index in [1.54, 1.807) is 0 Å². The summed E-state index contributed by atoms with van der Waals surface area (Å²) in [4.78, 5) is 2.24. The summed E-state index contributed by atoms with van der Waals surface area (Å²) >= 11 is 0. The van der Waals surface area contributed by atoms with Gasteiger partial charge in [0.25, 0.3) is 0 Å². The van der Waals surface area contributed by atoms with E-state index in [-0.39, 0.29) is 6.61 Å². The minimum absolute atomic E-state index is 0.265. The van der Waals surface area contributed by atoms with Crippen molar-refractivity contribution in [1.29, 1.82) is 0 Å². The Balaban J connectivity index is 3.77. The van der Waals surface area contributed by atoms with E-state index in [1.807, 2.05) is 0 Å². The molecule has 0 aromatic carbocycles. The zero-order valence-corrected chi connectivity index (χ0v) is 9.39. The molecule has 0 heterocycles. The van der Waals surface area contributed by atoms with E-state index < -0.39 is 8.07 Å². The van der Waals surface area contributed by atoms with Gasteiger partial charge in [0.1, 0.15) is 0 Å². The molecule has 0 amide bonds. The molecule has 0 aliphatic carbocycles. The minimum atomic E-state index is -0.985. The van der Waals surface area contributed by atoms with Gasteiger partial charge in [0.2, 0.25) is 0 Å². The van der Waals surface area contributed by atoms with Crippen molar-refractivity contribution < 1.29 is 5.11 Å². The van der Waals surface area contributed by atoms with Gasteiger partial charge in [-0.05, 0) is 20.1 Å². The lowest BCUT2D eigenvalue weighted by Gasteiger charge is -2.29. The summed E-state index contributed by atoms with van der Waals surface area (Å²) in [5.74, 6) is 0. The van der Waals surface area contributed by atoms with Crippen LogP contribution in [0.15, 0.2) is 0 Å². The lowest BCUT2D eigenvalue weighted by atomic mass is 10.3. The second-order valence-electron chi connectivity index (χ2n) is 4.51. The van der Waals surface area contributed by atoms with Crippen LogP contribution in [0.3, 0.4) is 0 Å². The largest absolute Gasteiger partial charge is 0.395 e. The fraction of sp³-hybridized carbons (Fsp3) is 1.00. The van der Waals surface area contributed by atoms with Gasteiger partial charge in [-0.1, -0.05) is 19.6 Å². The van der Waals surface area contributed by atoms with Gasteiger partial charge < -0.3 is 10.0 Å².